The summed E-state index contributed by atoms with van der Waals surface area (Å²) < 4.78 is 0. The van der Waals surface area contributed by atoms with Crippen LogP contribution >= 0.6 is 0 Å². The Morgan fingerprint density at radius 1 is 0.241 bits per heavy atom. The molecular weight excluding hydrogens is 705 g/mol. The molecule has 10 aromatic carbocycles. The van der Waals surface area contributed by atoms with Crippen LogP contribution in [0.15, 0.2) is 206 Å². The quantitative estimate of drug-likeness (QED) is 0.115. The van der Waals surface area contributed by atoms with Crippen molar-refractivity contribution in [2.24, 2.45) is 0 Å². The first-order chi connectivity index (χ1) is 28.7. The molecular formula is C56H36O2. The summed E-state index contributed by atoms with van der Waals surface area (Å²) in [7, 11) is 0. The van der Waals surface area contributed by atoms with E-state index in [9.17, 15) is 9.59 Å². The molecule has 0 bridgehead atoms. The second kappa shape index (κ2) is 14.8. The zero-order chi connectivity index (χ0) is 39.0. The van der Waals surface area contributed by atoms with Gasteiger partial charge in [0.1, 0.15) is 12.6 Å². The van der Waals surface area contributed by atoms with Gasteiger partial charge in [0.25, 0.3) is 0 Å². The van der Waals surface area contributed by atoms with E-state index in [1.54, 1.807) is 0 Å². The molecule has 58 heavy (non-hydrogen) atoms. The number of fused-ring (bicyclic) bond motifs is 6. The third kappa shape index (κ3) is 6.00. The van der Waals surface area contributed by atoms with Gasteiger partial charge in [0.2, 0.25) is 0 Å². The van der Waals surface area contributed by atoms with E-state index in [4.69, 9.17) is 0 Å². The van der Waals surface area contributed by atoms with E-state index in [0.29, 0.717) is 11.1 Å². The van der Waals surface area contributed by atoms with Gasteiger partial charge in [-0.1, -0.05) is 194 Å². The first-order valence-electron chi connectivity index (χ1n) is 19.6. The molecule has 0 aliphatic heterocycles. The van der Waals surface area contributed by atoms with Crippen LogP contribution in [0, 0.1) is 0 Å². The predicted octanol–water partition coefficient (Wildman–Crippen LogP) is 14.8. The third-order valence-electron chi connectivity index (χ3n) is 11.4. The summed E-state index contributed by atoms with van der Waals surface area (Å²) in [5, 5.41) is 6.95. The van der Waals surface area contributed by atoms with Crippen molar-refractivity contribution < 1.29 is 9.59 Å². The molecule has 0 radical (unpaired) electrons. The van der Waals surface area contributed by atoms with Crippen LogP contribution in [0.3, 0.4) is 0 Å². The van der Waals surface area contributed by atoms with E-state index < -0.39 is 0 Å². The Morgan fingerprint density at radius 2 is 0.534 bits per heavy atom. The number of rotatable bonds is 8. The van der Waals surface area contributed by atoms with E-state index in [2.05, 4.69) is 158 Å². The highest BCUT2D eigenvalue weighted by atomic mass is 16.1. The minimum Gasteiger partial charge on any atom is -0.298 e. The summed E-state index contributed by atoms with van der Waals surface area (Å²) in [5.41, 5.74) is 14.8. The van der Waals surface area contributed by atoms with E-state index in [1.165, 1.54) is 33.0 Å². The zero-order valence-corrected chi connectivity index (χ0v) is 31.6. The minimum absolute atomic E-state index is 0.648. The SMILES string of the molecule is O=Cc1ccc(-c2ccc3c(c2)c2cc(-c4ccc(C=O)cc4)ccc2c2c(-c4ccccc4)c(-c4ccccc4)c(-c4ccccc4)c(-c4ccccc4)c32)cc1. The molecule has 2 nitrogen and oxygen atoms in total. The van der Waals surface area contributed by atoms with Crippen molar-refractivity contribution >= 4 is 44.9 Å². The highest BCUT2D eigenvalue weighted by Crippen LogP contribution is 2.55. The first kappa shape index (κ1) is 34.8. The fourth-order valence-corrected chi connectivity index (χ4v) is 8.70. The Bertz CT molecular complexity index is 2920. The Kier molecular flexibility index (Phi) is 8.85. The van der Waals surface area contributed by atoms with Crippen LogP contribution in [-0.2, 0) is 0 Å². The van der Waals surface area contributed by atoms with Crippen LogP contribution in [0.1, 0.15) is 20.7 Å². The van der Waals surface area contributed by atoms with Crippen molar-refractivity contribution in [2.75, 3.05) is 0 Å². The molecule has 0 saturated carbocycles. The summed E-state index contributed by atoms with van der Waals surface area (Å²) >= 11 is 0. The van der Waals surface area contributed by atoms with Gasteiger partial charge in [-0.15, -0.1) is 0 Å². The number of carbonyl (C=O) groups excluding carboxylic acids is 2. The standard InChI is InChI=1S/C56H36O2/c57-35-37-21-25-39(26-22-37)45-29-31-47-49(33-45)50-34-46(40-27-23-38(36-58)24-28-40)30-32-48(50)56-54(44-19-11-4-12-20-44)52(42-15-7-2-8-16-42)51(41-13-5-1-6-14-41)53(55(47)56)43-17-9-3-10-18-43/h1-36H. The van der Waals surface area contributed by atoms with Gasteiger partial charge >= 0.3 is 0 Å². The van der Waals surface area contributed by atoms with Crippen molar-refractivity contribution in [3.05, 3.63) is 217 Å². The van der Waals surface area contributed by atoms with Crippen LogP contribution < -0.4 is 0 Å². The predicted molar refractivity (Wildman–Crippen MR) is 242 cm³/mol. The normalized spacial score (nSPS) is 11.2. The number of hydrogen-bond acceptors (Lipinski definition) is 2. The first-order valence-corrected chi connectivity index (χ1v) is 19.6. The molecule has 0 spiro atoms. The molecule has 0 unspecified atom stereocenters. The molecule has 0 aromatic heterocycles. The van der Waals surface area contributed by atoms with Gasteiger partial charge in [0.15, 0.2) is 0 Å². The molecule has 0 aliphatic rings. The van der Waals surface area contributed by atoms with Gasteiger partial charge in [-0.05, 0) is 111 Å². The maximum atomic E-state index is 11.6. The van der Waals surface area contributed by atoms with Crippen molar-refractivity contribution in [1.29, 1.82) is 0 Å². The Hall–Kier alpha value is -7.68. The lowest BCUT2D eigenvalue weighted by atomic mass is 9.76. The van der Waals surface area contributed by atoms with Crippen LogP contribution in [0.4, 0.5) is 0 Å². The van der Waals surface area contributed by atoms with Gasteiger partial charge < -0.3 is 0 Å². The van der Waals surface area contributed by atoms with Gasteiger partial charge in [0.05, 0.1) is 0 Å². The van der Waals surface area contributed by atoms with E-state index in [1.807, 2.05) is 48.5 Å². The zero-order valence-electron chi connectivity index (χ0n) is 31.6. The molecule has 10 rings (SSSR count). The number of aldehydes is 2. The van der Waals surface area contributed by atoms with Crippen LogP contribution in [0.5, 0.6) is 0 Å². The molecule has 0 amide bonds. The van der Waals surface area contributed by atoms with Crippen LogP contribution in [0.25, 0.3) is 99.1 Å². The van der Waals surface area contributed by atoms with Crippen molar-refractivity contribution in [3.8, 4) is 66.8 Å². The lowest BCUT2D eigenvalue weighted by Gasteiger charge is -2.26. The average molecular weight is 741 g/mol. The molecule has 0 fully saturated rings. The third-order valence-corrected chi connectivity index (χ3v) is 11.4. The minimum atomic E-state index is 0.648. The molecule has 0 saturated heterocycles. The van der Waals surface area contributed by atoms with Gasteiger partial charge in [-0.3, -0.25) is 9.59 Å². The van der Waals surface area contributed by atoms with Gasteiger partial charge in [-0.2, -0.15) is 0 Å². The number of carbonyl (C=O) groups is 2. The highest BCUT2D eigenvalue weighted by Gasteiger charge is 2.27. The molecule has 10 aromatic rings. The fraction of sp³-hybridized carbons (Fsp3) is 0. The largest absolute Gasteiger partial charge is 0.298 e. The average Bonchev–Trinajstić information content (AvgIpc) is 3.31. The Morgan fingerprint density at radius 3 is 0.845 bits per heavy atom. The molecule has 2 heteroatoms. The fourth-order valence-electron chi connectivity index (χ4n) is 8.70. The summed E-state index contributed by atoms with van der Waals surface area (Å²) in [6.07, 6.45) is 1.77. The monoisotopic (exact) mass is 740 g/mol. The second-order valence-electron chi connectivity index (χ2n) is 14.7. The number of hydrogen-bond donors (Lipinski definition) is 0. The summed E-state index contributed by atoms with van der Waals surface area (Å²) in [4.78, 5) is 23.2. The van der Waals surface area contributed by atoms with Crippen LogP contribution in [-0.4, -0.2) is 12.6 Å². The maximum absolute atomic E-state index is 11.6. The molecule has 272 valence electrons. The second-order valence-corrected chi connectivity index (χ2v) is 14.7. The van der Waals surface area contributed by atoms with Crippen molar-refractivity contribution in [2.45, 2.75) is 0 Å². The summed E-state index contributed by atoms with van der Waals surface area (Å²) in [6, 6.07) is 72.6. The van der Waals surface area contributed by atoms with Crippen LogP contribution in [0.2, 0.25) is 0 Å². The highest BCUT2D eigenvalue weighted by molar-refractivity contribution is 6.35. The topological polar surface area (TPSA) is 34.1 Å². The van der Waals surface area contributed by atoms with Gasteiger partial charge in [0, 0.05) is 11.1 Å². The molecule has 0 heterocycles. The van der Waals surface area contributed by atoms with Crippen molar-refractivity contribution in [1.82, 2.24) is 0 Å². The Balaban J connectivity index is 1.47. The molecule has 0 N–H and O–H groups in total. The Labute approximate surface area is 337 Å². The smallest absolute Gasteiger partial charge is 0.150 e. The maximum Gasteiger partial charge on any atom is 0.150 e. The van der Waals surface area contributed by atoms with E-state index in [0.717, 1.165) is 78.6 Å². The molecule has 0 aliphatic carbocycles. The van der Waals surface area contributed by atoms with E-state index in [-0.39, 0.29) is 0 Å². The number of benzene rings is 10. The van der Waals surface area contributed by atoms with E-state index >= 15 is 0 Å². The lowest BCUT2D eigenvalue weighted by Crippen LogP contribution is -1.99. The summed E-state index contributed by atoms with van der Waals surface area (Å²) in [5.74, 6) is 0. The summed E-state index contributed by atoms with van der Waals surface area (Å²) in [6.45, 7) is 0. The van der Waals surface area contributed by atoms with Crippen molar-refractivity contribution in [3.63, 3.8) is 0 Å². The lowest BCUT2D eigenvalue weighted by molar-refractivity contribution is 0.111. The van der Waals surface area contributed by atoms with Gasteiger partial charge in [-0.25, -0.2) is 0 Å². The molecule has 0 atom stereocenters.